The van der Waals surface area contributed by atoms with Crippen LogP contribution >= 0.6 is 11.6 Å². The predicted molar refractivity (Wildman–Crippen MR) is 73.7 cm³/mol. The second-order valence-corrected chi connectivity index (χ2v) is 4.90. The van der Waals surface area contributed by atoms with E-state index in [1.807, 2.05) is 30.3 Å². The molecule has 19 heavy (non-hydrogen) atoms. The number of pyridine rings is 1. The number of halogens is 2. The highest BCUT2D eigenvalue weighted by Crippen LogP contribution is 2.26. The van der Waals surface area contributed by atoms with E-state index in [0.717, 1.165) is 5.56 Å². The molecule has 0 amide bonds. The van der Waals surface area contributed by atoms with Crippen LogP contribution in [0, 0.1) is 5.82 Å². The van der Waals surface area contributed by atoms with Crippen LogP contribution in [0.5, 0.6) is 0 Å². The minimum Gasteiger partial charge on any atom is -0.394 e. The number of hydrogen-bond acceptors (Lipinski definition) is 3. The van der Waals surface area contributed by atoms with Crippen LogP contribution in [0.1, 0.15) is 12.5 Å². The van der Waals surface area contributed by atoms with E-state index in [1.54, 1.807) is 6.92 Å². The lowest BCUT2D eigenvalue weighted by molar-refractivity contribution is 0.223. The molecular formula is C14H14ClFN2O. The maximum absolute atomic E-state index is 13.7. The first kappa shape index (κ1) is 13.8. The van der Waals surface area contributed by atoms with Gasteiger partial charge in [0.05, 0.1) is 17.2 Å². The highest BCUT2D eigenvalue weighted by atomic mass is 35.5. The summed E-state index contributed by atoms with van der Waals surface area (Å²) in [6, 6.07) is 10.5. The molecule has 1 aromatic carbocycles. The molecular weight excluding hydrogens is 267 g/mol. The van der Waals surface area contributed by atoms with Crippen LogP contribution in [-0.4, -0.2) is 16.7 Å². The zero-order valence-electron chi connectivity index (χ0n) is 10.4. The summed E-state index contributed by atoms with van der Waals surface area (Å²) < 4.78 is 13.7. The van der Waals surface area contributed by atoms with Gasteiger partial charge in [-0.1, -0.05) is 41.9 Å². The number of rotatable bonds is 4. The Labute approximate surface area is 116 Å². The SMILES string of the molecule is CC(CO)(Nc1ncc(Cl)cc1F)c1ccccc1. The topological polar surface area (TPSA) is 45.1 Å². The Morgan fingerprint density at radius 2 is 2.05 bits per heavy atom. The minimum absolute atomic E-state index is 0.0600. The number of aromatic nitrogens is 1. The van der Waals surface area contributed by atoms with E-state index in [9.17, 15) is 9.50 Å². The Morgan fingerprint density at radius 3 is 2.63 bits per heavy atom. The van der Waals surface area contributed by atoms with Gasteiger partial charge in [-0.25, -0.2) is 9.37 Å². The van der Waals surface area contributed by atoms with Crippen molar-refractivity contribution in [2.24, 2.45) is 0 Å². The molecule has 2 aromatic rings. The molecule has 0 aliphatic heterocycles. The van der Waals surface area contributed by atoms with Gasteiger partial charge in [0.2, 0.25) is 0 Å². The summed E-state index contributed by atoms with van der Waals surface area (Å²) in [6.07, 6.45) is 1.36. The molecule has 0 aliphatic rings. The average Bonchev–Trinajstić information content (AvgIpc) is 2.43. The number of nitrogens with one attached hydrogen (secondary N) is 1. The first-order chi connectivity index (χ1) is 9.05. The van der Waals surface area contributed by atoms with E-state index in [-0.39, 0.29) is 17.4 Å². The van der Waals surface area contributed by atoms with Crippen molar-refractivity contribution in [2.45, 2.75) is 12.5 Å². The Bertz CT molecular complexity index is 565. The molecule has 0 saturated heterocycles. The quantitative estimate of drug-likeness (QED) is 0.904. The number of aliphatic hydroxyl groups excluding tert-OH is 1. The van der Waals surface area contributed by atoms with Crippen LogP contribution in [0.15, 0.2) is 42.6 Å². The lowest BCUT2D eigenvalue weighted by Gasteiger charge is -2.30. The molecule has 0 fully saturated rings. The summed E-state index contributed by atoms with van der Waals surface area (Å²) in [6.45, 7) is 1.58. The van der Waals surface area contributed by atoms with Gasteiger partial charge in [0.15, 0.2) is 11.6 Å². The van der Waals surface area contributed by atoms with Gasteiger partial charge < -0.3 is 10.4 Å². The third-order valence-electron chi connectivity index (χ3n) is 2.93. The second kappa shape index (κ2) is 5.55. The summed E-state index contributed by atoms with van der Waals surface area (Å²) in [5.74, 6) is -0.493. The molecule has 0 aliphatic carbocycles. The van der Waals surface area contributed by atoms with Crippen LogP contribution in [-0.2, 0) is 5.54 Å². The summed E-state index contributed by atoms with van der Waals surface area (Å²) >= 11 is 5.66. The van der Waals surface area contributed by atoms with Crippen molar-refractivity contribution in [2.75, 3.05) is 11.9 Å². The van der Waals surface area contributed by atoms with E-state index in [1.165, 1.54) is 12.3 Å². The summed E-state index contributed by atoms with van der Waals surface area (Å²) in [5.41, 5.74) is 0.0248. The normalized spacial score (nSPS) is 13.9. The lowest BCUT2D eigenvalue weighted by atomic mass is 9.93. The number of hydrogen-bond donors (Lipinski definition) is 2. The monoisotopic (exact) mass is 280 g/mol. The second-order valence-electron chi connectivity index (χ2n) is 4.47. The molecule has 1 heterocycles. The van der Waals surface area contributed by atoms with Crippen LogP contribution in [0.2, 0.25) is 5.02 Å². The molecule has 2 N–H and O–H groups in total. The Morgan fingerprint density at radius 1 is 1.37 bits per heavy atom. The molecule has 0 spiro atoms. The molecule has 5 heteroatoms. The van der Waals surface area contributed by atoms with Crippen molar-refractivity contribution < 1.29 is 9.50 Å². The summed E-state index contributed by atoms with van der Waals surface area (Å²) in [7, 11) is 0. The van der Waals surface area contributed by atoms with Crippen LogP contribution in [0.25, 0.3) is 0 Å². The number of nitrogens with zero attached hydrogens (tertiary/aromatic N) is 1. The van der Waals surface area contributed by atoms with Crippen molar-refractivity contribution in [3.05, 3.63) is 59.0 Å². The lowest BCUT2D eigenvalue weighted by Crippen LogP contribution is -2.36. The Hall–Kier alpha value is -1.65. The number of anilines is 1. The zero-order chi connectivity index (χ0) is 13.9. The molecule has 0 radical (unpaired) electrons. The van der Waals surface area contributed by atoms with Crippen molar-refractivity contribution in [1.29, 1.82) is 0 Å². The number of aliphatic hydroxyl groups is 1. The highest BCUT2D eigenvalue weighted by Gasteiger charge is 2.27. The average molecular weight is 281 g/mol. The molecule has 1 atom stereocenters. The largest absolute Gasteiger partial charge is 0.394 e. The third-order valence-corrected chi connectivity index (χ3v) is 3.14. The molecule has 3 nitrogen and oxygen atoms in total. The van der Waals surface area contributed by atoms with E-state index in [4.69, 9.17) is 11.6 Å². The van der Waals surface area contributed by atoms with Crippen LogP contribution in [0.4, 0.5) is 10.2 Å². The zero-order valence-corrected chi connectivity index (χ0v) is 11.2. The fraction of sp³-hybridized carbons (Fsp3) is 0.214. The molecule has 0 bridgehead atoms. The maximum atomic E-state index is 13.7. The maximum Gasteiger partial charge on any atom is 0.166 e. The Kier molecular flexibility index (Phi) is 4.02. The Balaban J connectivity index is 2.33. The standard InChI is InChI=1S/C14H14ClFN2O/c1-14(9-19,10-5-3-2-4-6-10)18-13-12(16)7-11(15)8-17-13/h2-8,19H,9H2,1H3,(H,17,18). The van der Waals surface area contributed by atoms with E-state index in [2.05, 4.69) is 10.3 Å². The van der Waals surface area contributed by atoms with Gasteiger partial charge in [-0.05, 0) is 18.6 Å². The van der Waals surface area contributed by atoms with Gasteiger partial charge in [-0.2, -0.15) is 0 Å². The summed E-state index contributed by atoms with van der Waals surface area (Å²) in [5, 5.41) is 12.8. The first-order valence-corrected chi connectivity index (χ1v) is 6.18. The smallest absolute Gasteiger partial charge is 0.166 e. The molecule has 0 saturated carbocycles. The minimum atomic E-state index is -0.817. The van der Waals surface area contributed by atoms with Gasteiger partial charge in [-0.15, -0.1) is 0 Å². The molecule has 2 rings (SSSR count). The van der Waals surface area contributed by atoms with E-state index in [0.29, 0.717) is 0 Å². The molecule has 100 valence electrons. The van der Waals surface area contributed by atoms with Crippen molar-refractivity contribution >= 4 is 17.4 Å². The number of benzene rings is 1. The third kappa shape index (κ3) is 3.03. The van der Waals surface area contributed by atoms with E-state index < -0.39 is 11.4 Å². The highest BCUT2D eigenvalue weighted by molar-refractivity contribution is 6.30. The van der Waals surface area contributed by atoms with Gasteiger partial charge in [0.1, 0.15) is 0 Å². The fourth-order valence-corrected chi connectivity index (χ4v) is 1.92. The van der Waals surface area contributed by atoms with Crippen molar-refractivity contribution in [3.8, 4) is 0 Å². The molecule has 1 aromatic heterocycles. The van der Waals surface area contributed by atoms with Crippen molar-refractivity contribution in [3.63, 3.8) is 0 Å². The van der Waals surface area contributed by atoms with Gasteiger partial charge in [-0.3, -0.25) is 0 Å². The van der Waals surface area contributed by atoms with Gasteiger partial charge >= 0.3 is 0 Å². The van der Waals surface area contributed by atoms with Crippen LogP contribution in [0.3, 0.4) is 0 Å². The van der Waals surface area contributed by atoms with E-state index >= 15 is 0 Å². The predicted octanol–water partition coefficient (Wildman–Crippen LogP) is 3.19. The fourth-order valence-electron chi connectivity index (χ4n) is 1.78. The van der Waals surface area contributed by atoms with Crippen LogP contribution < -0.4 is 5.32 Å². The van der Waals surface area contributed by atoms with Gasteiger partial charge in [0, 0.05) is 6.20 Å². The van der Waals surface area contributed by atoms with Gasteiger partial charge in [0.25, 0.3) is 0 Å². The van der Waals surface area contributed by atoms with Crippen molar-refractivity contribution in [1.82, 2.24) is 4.98 Å². The summed E-state index contributed by atoms with van der Waals surface area (Å²) in [4.78, 5) is 3.91. The molecule has 1 unspecified atom stereocenters. The first-order valence-electron chi connectivity index (χ1n) is 5.81.